The van der Waals surface area contributed by atoms with Crippen LogP contribution < -0.4 is 4.18 Å². The van der Waals surface area contributed by atoms with Crippen molar-refractivity contribution >= 4 is 21.7 Å². The number of aromatic nitrogens is 1. The lowest BCUT2D eigenvalue weighted by Crippen LogP contribution is -2.05. The minimum absolute atomic E-state index is 0.0949. The Bertz CT molecular complexity index is 288. The zero-order valence-electron chi connectivity index (χ0n) is 4.59. The van der Waals surface area contributed by atoms with Crippen LogP contribution in [0.2, 0.25) is 0 Å². The van der Waals surface area contributed by atoms with Crippen LogP contribution in [0, 0.1) is 0 Å². The molecule has 1 aromatic rings. The highest BCUT2D eigenvalue weighted by atomic mass is 32.3. The molecule has 0 saturated heterocycles. The zero-order chi connectivity index (χ0) is 7.61. The molecule has 0 unspecified atom stereocenters. The number of hydrogen-bond acceptors (Lipinski definition) is 5. The van der Waals surface area contributed by atoms with Crippen molar-refractivity contribution < 1.29 is 17.2 Å². The number of thiazole rings is 1. The second-order valence-corrected chi connectivity index (χ2v) is 3.19. The maximum absolute atomic E-state index is 10.00. The third-order valence-electron chi connectivity index (χ3n) is 0.586. The van der Waals surface area contributed by atoms with E-state index >= 15 is 0 Å². The molecule has 0 bridgehead atoms. The topological polar surface area (TPSA) is 76.5 Å². The molecule has 56 valence electrons. The van der Waals surface area contributed by atoms with Crippen LogP contribution in [0.15, 0.2) is 11.6 Å². The van der Waals surface area contributed by atoms with Crippen molar-refractivity contribution in [3.05, 3.63) is 11.6 Å². The Morgan fingerprint density at radius 3 is 2.80 bits per heavy atom. The standard InChI is InChI=1S/C3H3NO4S2/c5-10(6,7)8-3-4-1-2-9-3/h1-2H,(H,5,6,7). The van der Waals surface area contributed by atoms with Crippen molar-refractivity contribution in [3.8, 4) is 5.19 Å². The summed E-state index contributed by atoms with van der Waals surface area (Å²) in [6.45, 7) is 0. The first-order valence-corrected chi connectivity index (χ1v) is 4.39. The van der Waals surface area contributed by atoms with Gasteiger partial charge < -0.3 is 4.18 Å². The normalized spacial score (nSPS) is 11.3. The van der Waals surface area contributed by atoms with Gasteiger partial charge in [0.1, 0.15) is 0 Å². The molecule has 0 fully saturated rings. The third-order valence-corrected chi connectivity index (χ3v) is 1.71. The molecule has 0 aliphatic rings. The van der Waals surface area contributed by atoms with Crippen molar-refractivity contribution in [2.45, 2.75) is 0 Å². The summed E-state index contributed by atoms with van der Waals surface area (Å²) >= 11 is 0.977. The van der Waals surface area contributed by atoms with Gasteiger partial charge in [-0.3, -0.25) is 4.55 Å². The van der Waals surface area contributed by atoms with Gasteiger partial charge in [0, 0.05) is 11.6 Å². The lowest BCUT2D eigenvalue weighted by Gasteiger charge is -1.92. The predicted molar refractivity (Wildman–Crippen MR) is 34.3 cm³/mol. The van der Waals surface area contributed by atoms with E-state index in [1.54, 1.807) is 0 Å². The zero-order valence-corrected chi connectivity index (χ0v) is 6.22. The fraction of sp³-hybridized carbons (Fsp3) is 0. The molecular weight excluding hydrogens is 178 g/mol. The third kappa shape index (κ3) is 2.29. The molecule has 0 spiro atoms. The second kappa shape index (κ2) is 2.52. The Morgan fingerprint density at radius 1 is 1.70 bits per heavy atom. The summed E-state index contributed by atoms with van der Waals surface area (Å²) in [7, 11) is -4.40. The lowest BCUT2D eigenvalue weighted by molar-refractivity contribution is 0.386. The van der Waals surface area contributed by atoms with Crippen LogP contribution in [0.1, 0.15) is 0 Å². The van der Waals surface area contributed by atoms with Gasteiger partial charge >= 0.3 is 10.4 Å². The Morgan fingerprint density at radius 2 is 2.40 bits per heavy atom. The van der Waals surface area contributed by atoms with Crippen molar-refractivity contribution in [2.75, 3.05) is 0 Å². The molecule has 7 heteroatoms. The number of hydrogen-bond donors (Lipinski definition) is 1. The highest BCUT2D eigenvalue weighted by Crippen LogP contribution is 2.14. The van der Waals surface area contributed by atoms with Crippen molar-refractivity contribution in [2.24, 2.45) is 0 Å². The molecule has 0 radical (unpaired) electrons. The summed E-state index contributed by atoms with van der Waals surface area (Å²) in [5.74, 6) is 0. The minimum Gasteiger partial charge on any atom is -0.331 e. The van der Waals surface area contributed by atoms with E-state index in [2.05, 4.69) is 9.17 Å². The summed E-state index contributed by atoms with van der Waals surface area (Å²) in [6.07, 6.45) is 1.37. The molecule has 5 nitrogen and oxygen atoms in total. The summed E-state index contributed by atoms with van der Waals surface area (Å²) in [5.41, 5.74) is 0. The molecule has 1 rings (SSSR count). The van der Waals surface area contributed by atoms with E-state index in [4.69, 9.17) is 4.55 Å². The second-order valence-electron chi connectivity index (χ2n) is 1.31. The Balaban J connectivity index is 2.75. The maximum Gasteiger partial charge on any atom is 0.448 e. The van der Waals surface area contributed by atoms with Gasteiger partial charge in [0.15, 0.2) is 0 Å². The molecule has 1 heterocycles. The molecule has 0 amide bonds. The van der Waals surface area contributed by atoms with Crippen molar-refractivity contribution in [1.29, 1.82) is 0 Å². The fourth-order valence-corrected chi connectivity index (χ4v) is 1.34. The van der Waals surface area contributed by atoms with Crippen LogP contribution in [0.4, 0.5) is 0 Å². The molecule has 0 aromatic carbocycles. The molecule has 1 N–H and O–H groups in total. The summed E-state index contributed by atoms with van der Waals surface area (Å²) < 4.78 is 32.1. The van der Waals surface area contributed by atoms with E-state index in [-0.39, 0.29) is 5.19 Å². The molecule has 10 heavy (non-hydrogen) atoms. The fourth-order valence-electron chi connectivity index (χ4n) is 0.342. The Labute approximate surface area is 61.2 Å². The molecule has 1 aromatic heterocycles. The lowest BCUT2D eigenvalue weighted by atomic mass is 11.0. The van der Waals surface area contributed by atoms with E-state index in [9.17, 15) is 8.42 Å². The summed E-state index contributed by atoms with van der Waals surface area (Å²) in [5, 5.41) is 1.43. The smallest absolute Gasteiger partial charge is 0.331 e. The Kier molecular flexibility index (Phi) is 1.88. The van der Waals surface area contributed by atoms with E-state index in [0.717, 1.165) is 11.3 Å². The van der Waals surface area contributed by atoms with Gasteiger partial charge in [-0.25, -0.2) is 4.98 Å². The number of nitrogens with zero attached hydrogens (tertiary/aromatic N) is 1. The average molecular weight is 181 g/mol. The van der Waals surface area contributed by atoms with Gasteiger partial charge in [0.2, 0.25) is 0 Å². The van der Waals surface area contributed by atoms with Crippen LogP contribution in [0.25, 0.3) is 0 Å². The van der Waals surface area contributed by atoms with Gasteiger partial charge in [0.25, 0.3) is 5.19 Å². The number of rotatable bonds is 2. The predicted octanol–water partition coefficient (Wildman–Crippen LogP) is 0.325. The monoisotopic (exact) mass is 181 g/mol. The van der Waals surface area contributed by atoms with Crippen LogP contribution in [0.3, 0.4) is 0 Å². The first-order valence-electron chi connectivity index (χ1n) is 2.14. The molecule has 0 saturated carbocycles. The van der Waals surface area contributed by atoms with E-state index in [0.29, 0.717) is 0 Å². The first kappa shape index (κ1) is 7.45. The van der Waals surface area contributed by atoms with Gasteiger partial charge in [-0.15, -0.1) is 0 Å². The highest BCUT2D eigenvalue weighted by Gasteiger charge is 2.07. The van der Waals surface area contributed by atoms with Crippen molar-refractivity contribution in [3.63, 3.8) is 0 Å². The molecule has 0 aliphatic heterocycles. The van der Waals surface area contributed by atoms with Gasteiger partial charge in [0.05, 0.1) is 0 Å². The quantitative estimate of drug-likeness (QED) is 0.665. The molecule has 0 aliphatic carbocycles. The van der Waals surface area contributed by atoms with E-state index in [1.807, 2.05) is 0 Å². The SMILES string of the molecule is O=S(=O)(O)Oc1nccs1. The highest BCUT2D eigenvalue weighted by molar-refractivity contribution is 7.81. The summed E-state index contributed by atoms with van der Waals surface area (Å²) in [6, 6.07) is 0. The van der Waals surface area contributed by atoms with Crippen LogP contribution in [-0.2, 0) is 10.4 Å². The molecular formula is C3H3NO4S2. The van der Waals surface area contributed by atoms with Crippen LogP contribution in [0.5, 0.6) is 5.19 Å². The first-order chi connectivity index (χ1) is 4.58. The largest absolute Gasteiger partial charge is 0.448 e. The van der Waals surface area contributed by atoms with Crippen LogP contribution in [-0.4, -0.2) is 18.0 Å². The Hall–Kier alpha value is -0.660. The maximum atomic E-state index is 10.00. The van der Waals surface area contributed by atoms with Crippen molar-refractivity contribution in [1.82, 2.24) is 4.98 Å². The van der Waals surface area contributed by atoms with Gasteiger partial charge in [-0.2, -0.15) is 8.42 Å². The van der Waals surface area contributed by atoms with Gasteiger partial charge in [-0.05, 0) is 0 Å². The minimum atomic E-state index is -4.40. The van der Waals surface area contributed by atoms with E-state index in [1.165, 1.54) is 11.6 Å². The summed E-state index contributed by atoms with van der Waals surface area (Å²) in [4.78, 5) is 3.46. The molecule has 0 atom stereocenters. The van der Waals surface area contributed by atoms with Crippen LogP contribution >= 0.6 is 11.3 Å². The van der Waals surface area contributed by atoms with Gasteiger partial charge in [-0.1, -0.05) is 11.3 Å². The average Bonchev–Trinajstić information content (AvgIpc) is 2.12. The van der Waals surface area contributed by atoms with E-state index < -0.39 is 10.4 Å².